The summed E-state index contributed by atoms with van der Waals surface area (Å²) < 4.78 is 28.1. The molecule has 0 aromatic carbocycles. The van der Waals surface area contributed by atoms with Crippen molar-refractivity contribution in [1.29, 1.82) is 0 Å². The van der Waals surface area contributed by atoms with Crippen LogP contribution in [0.25, 0.3) is 0 Å². The fourth-order valence-corrected chi connectivity index (χ4v) is 5.32. The molecule has 3 unspecified atom stereocenters. The van der Waals surface area contributed by atoms with E-state index in [2.05, 4.69) is 0 Å². The third-order valence-corrected chi connectivity index (χ3v) is 6.34. The Labute approximate surface area is 118 Å². The van der Waals surface area contributed by atoms with Crippen LogP contribution in [0.4, 0.5) is 0 Å². The van der Waals surface area contributed by atoms with Crippen molar-refractivity contribution < 1.29 is 18.3 Å². The van der Waals surface area contributed by atoms with E-state index in [4.69, 9.17) is 0 Å². The minimum absolute atomic E-state index is 0.0361. The van der Waals surface area contributed by atoms with Gasteiger partial charge in [0.15, 0.2) is 0 Å². The first-order chi connectivity index (χ1) is 9.41. The summed E-state index contributed by atoms with van der Waals surface area (Å²) in [6, 6.07) is 0.607. The van der Waals surface area contributed by atoms with Crippen molar-refractivity contribution in [3.05, 3.63) is 18.5 Å². The zero-order chi connectivity index (χ0) is 14.5. The largest absolute Gasteiger partial charge is 0.480 e. The maximum atomic E-state index is 12.6. The third kappa shape index (κ3) is 1.96. The molecule has 1 aliphatic carbocycles. The zero-order valence-electron chi connectivity index (χ0n) is 11.3. The first kappa shape index (κ1) is 13.6. The van der Waals surface area contributed by atoms with Gasteiger partial charge in [0.1, 0.15) is 6.04 Å². The van der Waals surface area contributed by atoms with E-state index in [-0.39, 0.29) is 16.7 Å². The fourth-order valence-electron chi connectivity index (χ4n) is 3.59. The highest BCUT2D eigenvalue weighted by atomic mass is 32.2. The first-order valence-electron chi connectivity index (χ1n) is 6.78. The Hall–Kier alpha value is -1.34. The molecular weight excluding hydrogens is 280 g/mol. The van der Waals surface area contributed by atoms with Crippen LogP contribution in [0.5, 0.6) is 0 Å². The number of carboxylic acid groups (broad SMARTS) is 1. The molecule has 7 heteroatoms. The van der Waals surface area contributed by atoms with Crippen molar-refractivity contribution in [2.75, 3.05) is 6.54 Å². The molecule has 2 fully saturated rings. The number of aromatic nitrogens is 1. The normalized spacial score (nSPS) is 30.6. The molecule has 0 radical (unpaired) electrons. The highest BCUT2D eigenvalue weighted by Crippen LogP contribution is 2.44. The molecule has 110 valence electrons. The predicted molar refractivity (Wildman–Crippen MR) is 71.6 cm³/mol. The Bertz CT molecular complexity index is 637. The summed E-state index contributed by atoms with van der Waals surface area (Å²) in [5.41, 5.74) is 0. The summed E-state index contributed by atoms with van der Waals surface area (Å²) in [4.78, 5) is 11.7. The molecule has 1 aromatic rings. The van der Waals surface area contributed by atoms with Gasteiger partial charge in [-0.15, -0.1) is 0 Å². The van der Waals surface area contributed by atoms with Crippen LogP contribution in [0.2, 0.25) is 0 Å². The second-order valence-electron chi connectivity index (χ2n) is 5.73. The summed E-state index contributed by atoms with van der Waals surface area (Å²) in [6.45, 7) is 0.332. The van der Waals surface area contributed by atoms with Gasteiger partial charge in [0, 0.05) is 26.0 Å². The van der Waals surface area contributed by atoms with Crippen LogP contribution in [0.1, 0.15) is 19.3 Å². The van der Waals surface area contributed by atoms with Crippen LogP contribution in [0.3, 0.4) is 0 Å². The SMILES string of the molecule is Cn1ccc(S(=O)(=O)N2CC3CCCC3C2C(=O)O)c1. The van der Waals surface area contributed by atoms with Crippen LogP contribution in [0.15, 0.2) is 23.4 Å². The van der Waals surface area contributed by atoms with Crippen LogP contribution >= 0.6 is 0 Å². The number of carboxylic acids is 1. The molecule has 6 nitrogen and oxygen atoms in total. The number of hydrogen-bond donors (Lipinski definition) is 1. The average Bonchev–Trinajstić information content (AvgIpc) is 3.00. The van der Waals surface area contributed by atoms with Gasteiger partial charge in [-0.3, -0.25) is 4.79 Å². The molecule has 1 saturated carbocycles. The molecule has 0 amide bonds. The number of hydrogen-bond acceptors (Lipinski definition) is 3. The number of carbonyl (C=O) groups is 1. The molecule has 0 bridgehead atoms. The molecule has 0 spiro atoms. The molecule has 3 rings (SSSR count). The van der Waals surface area contributed by atoms with Gasteiger partial charge < -0.3 is 9.67 Å². The van der Waals surface area contributed by atoms with Crippen LogP contribution in [-0.4, -0.2) is 41.0 Å². The summed E-state index contributed by atoms with van der Waals surface area (Å²) in [6.07, 6.45) is 5.90. The van der Waals surface area contributed by atoms with E-state index in [1.54, 1.807) is 17.8 Å². The third-order valence-electron chi connectivity index (χ3n) is 4.51. The molecular formula is C13H18N2O4S. The van der Waals surface area contributed by atoms with Crippen molar-refractivity contribution in [2.24, 2.45) is 18.9 Å². The van der Waals surface area contributed by atoms with Crippen molar-refractivity contribution in [1.82, 2.24) is 8.87 Å². The Balaban J connectivity index is 1.98. The Morgan fingerprint density at radius 2 is 2.15 bits per heavy atom. The Morgan fingerprint density at radius 1 is 1.40 bits per heavy atom. The molecule has 20 heavy (non-hydrogen) atoms. The highest BCUT2D eigenvalue weighted by molar-refractivity contribution is 7.89. The smallest absolute Gasteiger partial charge is 0.322 e. The van der Waals surface area contributed by atoms with Gasteiger partial charge in [-0.05, 0) is 30.7 Å². The zero-order valence-corrected chi connectivity index (χ0v) is 12.1. The molecule has 3 atom stereocenters. The van der Waals surface area contributed by atoms with E-state index in [0.29, 0.717) is 6.54 Å². The molecule has 1 aliphatic heterocycles. The molecule has 2 aliphatic rings. The van der Waals surface area contributed by atoms with E-state index >= 15 is 0 Å². The predicted octanol–water partition coefficient (Wildman–Crippen LogP) is 0.899. The standard InChI is InChI=1S/C13H18N2O4S/c1-14-6-5-10(8-14)20(18,19)15-7-9-3-2-4-11(9)12(15)13(16)17/h5-6,8-9,11-12H,2-4,7H2,1H3,(H,16,17). The lowest BCUT2D eigenvalue weighted by Gasteiger charge is -2.23. The van der Waals surface area contributed by atoms with Gasteiger partial charge in [0.2, 0.25) is 10.0 Å². The van der Waals surface area contributed by atoms with Crippen molar-refractivity contribution in [2.45, 2.75) is 30.2 Å². The highest BCUT2D eigenvalue weighted by Gasteiger charge is 2.52. The summed E-state index contributed by atoms with van der Waals surface area (Å²) in [5, 5.41) is 9.43. The van der Waals surface area contributed by atoms with Gasteiger partial charge in [-0.2, -0.15) is 4.31 Å². The topological polar surface area (TPSA) is 79.6 Å². The van der Waals surface area contributed by atoms with Gasteiger partial charge in [-0.1, -0.05) is 6.42 Å². The van der Waals surface area contributed by atoms with Gasteiger partial charge in [0.05, 0.1) is 4.90 Å². The van der Waals surface area contributed by atoms with Crippen molar-refractivity contribution in [3.63, 3.8) is 0 Å². The Morgan fingerprint density at radius 3 is 2.75 bits per heavy atom. The summed E-state index contributed by atoms with van der Waals surface area (Å²) in [7, 11) is -1.98. The maximum Gasteiger partial charge on any atom is 0.322 e. The van der Waals surface area contributed by atoms with Gasteiger partial charge in [0.25, 0.3) is 0 Å². The summed E-state index contributed by atoms with van der Waals surface area (Å²) in [5.74, 6) is -0.875. The number of aliphatic carboxylic acids is 1. The number of sulfonamides is 1. The lowest BCUT2D eigenvalue weighted by molar-refractivity contribution is -0.142. The monoisotopic (exact) mass is 298 g/mol. The fraction of sp³-hybridized carbons (Fsp3) is 0.615. The average molecular weight is 298 g/mol. The first-order valence-corrected chi connectivity index (χ1v) is 8.22. The minimum Gasteiger partial charge on any atom is -0.480 e. The molecule has 1 N–H and O–H groups in total. The maximum absolute atomic E-state index is 12.6. The molecule has 1 saturated heterocycles. The van der Waals surface area contributed by atoms with E-state index in [0.717, 1.165) is 19.3 Å². The Kier molecular flexibility index (Phi) is 3.13. The van der Waals surface area contributed by atoms with Crippen LogP contribution < -0.4 is 0 Å². The quantitative estimate of drug-likeness (QED) is 0.899. The second-order valence-corrected chi connectivity index (χ2v) is 7.62. The van der Waals surface area contributed by atoms with Crippen LogP contribution in [-0.2, 0) is 21.9 Å². The van der Waals surface area contributed by atoms with Gasteiger partial charge in [-0.25, -0.2) is 8.42 Å². The lowest BCUT2D eigenvalue weighted by atomic mass is 9.94. The second kappa shape index (κ2) is 4.60. The van der Waals surface area contributed by atoms with E-state index in [9.17, 15) is 18.3 Å². The van der Waals surface area contributed by atoms with Crippen molar-refractivity contribution in [3.8, 4) is 0 Å². The number of nitrogens with zero attached hydrogens (tertiary/aromatic N) is 2. The summed E-state index contributed by atoms with van der Waals surface area (Å²) >= 11 is 0. The van der Waals surface area contributed by atoms with E-state index < -0.39 is 22.0 Å². The number of aryl methyl sites for hydroxylation is 1. The van der Waals surface area contributed by atoms with Crippen LogP contribution in [0, 0.1) is 11.8 Å². The lowest BCUT2D eigenvalue weighted by Crippen LogP contribution is -2.43. The number of rotatable bonds is 3. The van der Waals surface area contributed by atoms with Gasteiger partial charge >= 0.3 is 5.97 Å². The van der Waals surface area contributed by atoms with E-state index in [1.807, 2.05) is 0 Å². The number of fused-ring (bicyclic) bond motifs is 1. The van der Waals surface area contributed by atoms with Crippen molar-refractivity contribution >= 4 is 16.0 Å². The minimum atomic E-state index is -3.72. The molecule has 1 aromatic heterocycles. The molecule has 2 heterocycles. The van der Waals surface area contributed by atoms with E-state index in [1.165, 1.54) is 16.6 Å².